The highest BCUT2D eigenvalue weighted by molar-refractivity contribution is 7.19. The Balaban J connectivity index is 0.000000220. The Labute approximate surface area is 136 Å². The topological polar surface area (TPSA) is 77.3 Å². The molecular formula is C17H24N4S. The van der Waals surface area contributed by atoms with Gasteiger partial charge >= 0.3 is 0 Å². The molecule has 0 fully saturated rings. The Kier molecular flexibility index (Phi) is 6.31. The normalized spacial score (nSPS) is 12.7. The summed E-state index contributed by atoms with van der Waals surface area (Å²) in [5.74, 6) is 0.470. The maximum absolute atomic E-state index is 5.73. The number of allylic oxidation sites excluding steroid dienone is 1. The predicted octanol–water partition coefficient (Wildman–Crippen LogP) is 3.80. The zero-order chi connectivity index (χ0) is 16.8. The SMILES string of the molecule is C=Cc1cc2cccnc2s1.CN=C(N)/C=C(\N)C(C)(C)C. The number of rotatable bonds is 2. The molecule has 2 aromatic rings. The molecule has 5 heteroatoms. The van der Waals surface area contributed by atoms with Crippen molar-refractivity contribution in [1.29, 1.82) is 0 Å². The molecule has 0 spiro atoms. The van der Waals surface area contributed by atoms with E-state index in [0.29, 0.717) is 5.84 Å². The van der Waals surface area contributed by atoms with Crippen LogP contribution in [0.5, 0.6) is 0 Å². The largest absolute Gasteiger partial charge is 0.401 e. The molecule has 0 bridgehead atoms. The number of nitrogens with zero attached hydrogens (tertiary/aromatic N) is 2. The van der Waals surface area contributed by atoms with Crippen LogP contribution < -0.4 is 11.5 Å². The fourth-order valence-corrected chi connectivity index (χ4v) is 2.28. The molecule has 4 N–H and O–H groups in total. The molecule has 0 saturated carbocycles. The highest BCUT2D eigenvalue weighted by Crippen LogP contribution is 2.23. The van der Waals surface area contributed by atoms with Crippen molar-refractivity contribution in [3.05, 3.63) is 47.6 Å². The number of aromatic nitrogens is 1. The third-order valence-corrected chi connectivity index (χ3v) is 4.00. The molecule has 22 heavy (non-hydrogen) atoms. The average Bonchev–Trinajstić information content (AvgIpc) is 2.89. The Bertz CT molecular complexity index is 657. The highest BCUT2D eigenvalue weighted by atomic mass is 32.1. The lowest BCUT2D eigenvalue weighted by atomic mass is 9.92. The van der Waals surface area contributed by atoms with E-state index < -0.39 is 0 Å². The molecule has 0 atom stereocenters. The molecular weight excluding hydrogens is 292 g/mol. The fraction of sp³-hybridized carbons (Fsp3) is 0.294. The van der Waals surface area contributed by atoms with Gasteiger partial charge in [-0.05, 0) is 18.2 Å². The number of aliphatic imine (C=N–C) groups is 1. The quantitative estimate of drug-likeness (QED) is 0.653. The van der Waals surface area contributed by atoms with E-state index in [1.54, 1.807) is 24.5 Å². The molecule has 4 nitrogen and oxygen atoms in total. The van der Waals surface area contributed by atoms with Gasteiger partial charge in [-0.25, -0.2) is 4.98 Å². The molecule has 0 aliphatic carbocycles. The van der Waals surface area contributed by atoms with Crippen LogP contribution in [-0.4, -0.2) is 17.9 Å². The van der Waals surface area contributed by atoms with Gasteiger partial charge in [-0.1, -0.05) is 39.5 Å². The van der Waals surface area contributed by atoms with Gasteiger partial charge in [0.25, 0.3) is 0 Å². The molecule has 2 rings (SSSR count). The van der Waals surface area contributed by atoms with E-state index in [1.165, 1.54) is 10.3 Å². The Morgan fingerprint density at radius 1 is 1.36 bits per heavy atom. The van der Waals surface area contributed by atoms with Crippen molar-refractivity contribution in [3.63, 3.8) is 0 Å². The molecule has 118 valence electrons. The minimum atomic E-state index is -0.0324. The Hall–Kier alpha value is -2.14. The first-order valence-corrected chi connectivity index (χ1v) is 7.76. The second-order valence-corrected chi connectivity index (χ2v) is 6.81. The second kappa shape index (κ2) is 7.75. The highest BCUT2D eigenvalue weighted by Gasteiger charge is 2.13. The van der Waals surface area contributed by atoms with E-state index >= 15 is 0 Å². The molecule has 0 aliphatic rings. The fourth-order valence-electron chi connectivity index (χ4n) is 1.43. The Morgan fingerprint density at radius 3 is 2.55 bits per heavy atom. The summed E-state index contributed by atoms with van der Waals surface area (Å²) in [6, 6.07) is 6.10. The summed E-state index contributed by atoms with van der Waals surface area (Å²) >= 11 is 1.67. The molecule has 0 aliphatic heterocycles. The lowest BCUT2D eigenvalue weighted by molar-refractivity contribution is 0.498. The van der Waals surface area contributed by atoms with Crippen molar-refractivity contribution in [2.75, 3.05) is 7.05 Å². The second-order valence-electron chi connectivity index (χ2n) is 5.75. The molecule has 2 aromatic heterocycles. The number of thiophene rings is 1. The summed E-state index contributed by atoms with van der Waals surface area (Å²) in [7, 11) is 1.64. The summed E-state index contributed by atoms with van der Waals surface area (Å²) in [4.78, 5) is 10.3. The number of pyridine rings is 1. The van der Waals surface area contributed by atoms with Crippen LogP contribution in [0.15, 0.2) is 47.7 Å². The van der Waals surface area contributed by atoms with Crippen LogP contribution in [0.1, 0.15) is 25.6 Å². The number of hydrogen-bond donors (Lipinski definition) is 2. The van der Waals surface area contributed by atoms with E-state index in [0.717, 1.165) is 10.5 Å². The van der Waals surface area contributed by atoms with Crippen LogP contribution >= 0.6 is 11.3 Å². The minimum absolute atomic E-state index is 0.0324. The van der Waals surface area contributed by atoms with E-state index in [9.17, 15) is 0 Å². The summed E-state index contributed by atoms with van der Waals surface area (Å²) in [6.45, 7) is 9.80. The van der Waals surface area contributed by atoms with E-state index in [4.69, 9.17) is 11.5 Å². The summed E-state index contributed by atoms with van der Waals surface area (Å²) in [5, 5.41) is 1.20. The summed E-state index contributed by atoms with van der Waals surface area (Å²) in [6.07, 6.45) is 5.36. The van der Waals surface area contributed by atoms with Gasteiger partial charge in [0.15, 0.2) is 0 Å². The van der Waals surface area contributed by atoms with E-state index in [-0.39, 0.29) is 5.41 Å². The predicted molar refractivity (Wildman–Crippen MR) is 99.0 cm³/mol. The Morgan fingerprint density at radius 2 is 2.05 bits per heavy atom. The maximum Gasteiger partial charge on any atom is 0.123 e. The lowest BCUT2D eigenvalue weighted by Crippen LogP contribution is -2.20. The summed E-state index contributed by atoms with van der Waals surface area (Å²) in [5.41, 5.74) is 11.9. The first-order valence-electron chi connectivity index (χ1n) is 6.95. The van der Waals surface area contributed by atoms with Crippen molar-refractivity contribution in [3.8, 4) is 0 Å². The van der Waals surface area contributed by atoms with Gasteiger partial charge in [0.1, 0.15) is 10.7 Å². The van der Waals surface area contributed by atoms with Gasteiger partial charge in [0, 0.05) is 34.6 Å². The number of hydrogen-bond acceptors (Lipinski definition) is 4. The van der Waals surface area contributed by atoms with Crippen molar-refractivity contribution >= 4 is 33.5 Å². The molecule has 2 heterocycles. The molecule has 0 aromatic carbocycles. The van der Waals surface area contributed by atoms with Crippen molar-refractivity contribution in [2.24, 2.45) is 21.9 Å². The summed E-state index contributed by atoms with van der Waals surface area (Å²) < 4.78 is 0. The number of fused-ring (bicyclic) bond motifs is 1. The van der Waals surface area contributed by atoms with Gasteiger partial charge < -0.3 is 11.5 Å². The van der Waals surface area contributed by atoms with Crippen molar-refractivity contribution < 1.29 is 0 Å². The first-order chi connectivity index (χ1) is 10.3. The van der Waals surface area contributed by atoms with E-state index in [2.05, 4.69) is 28.7 Å². The molecule has 0 amide bonds. The van der Waals surface area contributed by atoms with Gasteiger partial charge in [-0.3, -0.25) is 4.99 Å². The third-order valence-electron chi connectivity index (χ3n) is 2.94. The van der Waals surface area contributed by atoms with Gasteiger partial charge in [0.2, 0.25) is 0 Å². The van der Waals surface area contributed by atoms with Crippen molar-refractivity contribution in [1.82, 2.24) is 4.98 Å². The van der Waals surface area contributed by atoms with E-state index in [1.807, 2.05) is 39.1 Å². The molecule has 0 unspecified atom stereocenters. The zero-order valence-corrected chi connectivity index (χ0v) is 14.4. The van der Waals surface area contributed by atoms with Crippen LogP contribution in [0, 0.1) is 5.41 Å². The average molecular weight is 316 g/mol. The van der Waals surface area contributed by atoms with Crippen LogP contribution in [0.25, 0.3) is 16.3 Å². The third kappa shape index (κ3) is 5.33. The zero-order valence-electron chi connectivity index (χ0n) is 13.6. The first kappa shape index (κ1) is 17.9. The maximum atomic E-state index is 5.73. The number of nitrogens with two attached hydrogens (primary N) is 2. The lowest BCUT2D eigenvalue weighted by Gasteiger charge is -2.18. The minimum Gasteiger partial charge on any atom is -0.401 e. The van der Waals surface area contributed by atoms with Crippen LogP contribution in [0.2, 0.25) is 0 Å². The van der Waals surface area contributed by atoms with Crippen molar-refractivity contribution in [2.45, 2.75) is 20.8 Å². The molecule has 0 radical (unpaired) electrons. The van der Waals surface area contributed by atoms with Crippen LogP contribution in [0.3, 0.4) is 0 Å². The monoisotopic (exact) mass is 316 g/mol. The standard InChI is InChI=1S/C9H7NS.C8H17N3/c1-2-8-6-7-4-3-5-10-9(7)11-8;1-8(2,3)6(9)5-7(10)11-4/h2-6H,1H2;5H,9H2,1-4H3,(H2,10,11)/b;6-5-. The van der Waals surface area contributed by atoms with Gasteiger partial charge in [0.05, 0.1) is 0 Å². The number of amidine groups is 1. The van der Waals surface area contributed by atoms with Gasteiger partial charge in [-0.2, -0.15) is 0 Å². The smallest absolute Gasteiger partial charge is 0.123 e. The van der Waals surface area contributed by atoms with Crippen LogP contribution in [-0.2, 0) is 0 Å². The van der Waals surface area contributed by atoms with Gasteiger partial charge in [-0.15, -0.1) is 11.3 Å². The molecule has 0 saturated heterocycles. The van der Waals surface area contributed by atoms with Crippen LogP contribution in [0.4, 0.5) is 0 Å².